The molecule has 1 fully saturated rings. The summed E-state index contributed by atoms with van der Waals surface area (Å²) in [5.41, 5.74) is 1.25. The Balaban J connectivity index is 0.00000225. The molecule has 2 aromatic carbocycles. The molecular formula is C19H22ClFN2O2. The summed E-state index contributed by atoms with van der Waals surface area (Å²) in [6.07, 6.45) is 1.95. The van der Waals surface area contributed by atoms with Crippen LogP contribution in [-0.2, 0) is 11.4 Å². The lowest BCUT2D eigenvalue weighted by Gasteiger charge is -2.21. The highest BCUT2D eigenvalue weighted by molar-refractivity contribution is 5.92. The first kappa shape index (κ1) is 19.2. The molecule has 1 saturated heterocycles. The molecule has 0 aliphatic carbocycles. The molecule has 2 N–H and O–H groups in total. The van der Waals surface area contributed by atoms with Gasteiger partial charge in [0.05, 0.1) is 5.92 Å². The molecule has 1 unspecified atom stereocenters. The van der Waals surface area contributed by atoms with E-state index >= 15 is 0 Å². The van der Waals surface area contributed by atoms with Gasteiger partial charge in [0.1, 0.15) is 18.2 Å². The van der Waals surface area contributed by atoms with E-state index in [0.717, 1.165) is 31.6 Å². The van der Waals surface area contributed by atoms with Gasteiger partial charge in [0.25, 0.3) is 0 Å². The highest BCUT2D eigenvalue weighted by Crippen LogP contribution is 2.19. The van der Waals surface area contributed by atoms with Crippen molar-refractivity contribution in [3.8, 4) is 5.75 Å². The predicted molar refractivity (Wildman–Crippen MR) is 98.6 cm³/mol. The lowest BCUT2D eigenvalue weighted by molar-refractivity contribution is -0.120. The molecule has 3 rings (SSSR count). The third kappa shape index (κ3) is 5.44. The summed E-state index contributed by atoms with van der Waals surface area (Å²) in [5.74, 6) is 0.427. The molecule has 4 nitrogen and oxygen atoms in total. The van der Waals surface area contributed by atoms with Crippen LogP contribution in [-0.4, -0.2) is 19.0 Å². The lowest BCUT2D eigenvalue weighted by Crippen LogP contribution is -2.37. The molecule has 0 aromatic heterocycles. The van der Waals surface area contributed by atoms with Crippen LogP contribution in [0.25, 0.3) is 0 Å². The molecule has 0 saturated carbocycles. The van der Waals surface area contributed by atoms with Gasteiger partial charge in [0.2, 0.25) is 5.91 Å². The maximum Gasteiger partial charge on any atom is 0.228 e. The SMILES string of the molecule is Cl.O=C(Nc1ccc(OCc2ccccc2F)cc1)C1CCCNC1. The molecule has 1 aliphatic rings. The van der Waals surface area contributed by atoms with Crippen LogP contribution in [0.5, 0.6) is 5.75 Å². The third-order valence-electron chi connectivity index (χ3n) is 4.14. The quantitative estimate of drug-likeness (QED) is 0.849. The minimum atomic E-state index is -0.275. The van der Waals surface area contributed by atoms with Crippen LogP contribution in [0.15, 0.2) is 48.5 Å². The molecule has 1 atom stereocenters. The summed E-state index contributed by atoms with van der Waals surface area (Å²) < 4.78 is 19.1. The zero-order chi connectivity index (χ0) is 16.8. The van der Waals surface area contributed by atoms with E-state index in [1.807, 2.05) is 0 Å². The van der Waals surface area contributed by atoms with E-state index in [2.05, 4.69) is 10.6 Å². The van der Waals surface area contributed by atoms with E-state index < -0.39 is 0 Å². The highest BCUT2D eigenvalue weighted by Gasteiger charge is 2.20. The molecule has 1 aliphatic heterocycles. The number of anilines is 1. The molecule has 1 heterocycles. The molecule has 1 amide bonds. The number of carbonyl (C=O) groups is 1. The molecule has 6 heteroatoms. The van der Waals surface area contributed by atoms with Gasteiger partial charge >= 0.3 is 0 Å². The van der Waals surface area contributed by atoms with Gasteiger partial charge in [-0.05, 0) is 49.7 Å². The highest BCUT2D eigenvalue weighted by atomic mass is 35.5. The Kier molecular flexibility index (Phi) is 7.22. The van der Waals surface area contributed by atoms with Gasteiger partial charge in [-0.25, -0.2) is 4.39 Å². The summed E-state index contributed by atoms with van der Waals surface area (Å²) in [4.78, 5) is 12.2. The number of benzene rings is 2. The van der Waals surface area contributed by atoms with Crippen LogP contribution in [0.3, 0.4) is 0 Å². The Morgan fingerprint density at radius 2 is 1.96 bits per heavy atom. The number of piperidine rings is 1. The minimum absolute atomic E-state index is 0. The van der Waals surface area contributed by atoms with Crippen molar-refractivity contribution in [2.75, 3.05) is 18.4 Å². The second kappa shape index (κ2) is 9.39. The second-order valence-corrected chi connectivity index (χ2v) is 5.94. The summed E-state index contributed by atoms with van der Waals surface area (Å²) in [6, 6.07) is 13.7. The van der Waals surface area contributed by atoms with E-state index in [0.29, 0.717) is 11.3 Å². The smallest absolute Gasteiger partial charge is 0.228 e. The fourth-order valence-electron chi connectivity index (χ4n) is 2.73. The summed E-state index contributed by atoms with van der Waals surface area (Å²) in [7, 11) is 0. The Bertz CT molecular complexity index is 688. The Morgan fingerprint density at radius 3 is 2.64 bits per heavy atom. The number of rotatable bonds is 5. The normalized spacial score (nSPS) is 16.6. The van der Waals surface area contributed by atoms with Gasteiger partial charge in [-0.1, -0.05) is 18.2 Å². The standard InChI is InChI=1S/C19H21FN2O2.ClH/c20-18-6-2-1-4-15(18)13-24-17-9-7-16(8-10-17)22-19(23)14-5-3-11-21-12-14;/h1-2,4,6-10,14,21H,3,5,11-13H2,(H,22,23);1H. The third-order valence-corrected chi connectivity index (χ3v) is 4.14. The first-order valence-electron chi connectivity index (χ1n) is 8.20. The van der Waals surface area contributed by atoms with E-state index in [1.165, 1.54) is 6.07 Å². The van der Waals surface area contributed by atoms with Crippen LogP contribution < -0.4 is 15.4 Å². The maximum atomic E-state index is 13.5. The van der Waals surface area contributed by atoms with E-state index in [-0.39, 0.29) is 36.7 Å². The van der Waals surface area contributed by atoms with Crippen molar-refractivity contribution < 1.29 is 13.9 Å². The number of amides is 1. The van der Waals surface area contributed by atoms with E-state index in [9.17, 15) is 9.18 Å². The van der Waals surface area contributed by atoms with Crippen LogP contribution >= 0.6 is 12.4 Å². The monoisotopic (exact) mass is 364 g/mol. The van der Waals surface area contributed by atoms with Crippen LogP contribution in [0.2, 0.25) is 0 Å². The van der Waals surface area contributed by atoms with Crippen molar-refractivity contribution >= 4 is 24.0 Å². The molecular weight excluding hydrogens is 343 g/mol. The Labute approximate surface area is 153 Å². The Morgan fingerprint density at radius 1 is 1.20 bits per heavy atom. The first-order chi connectivity index (χ1) is 11.7. The molecule has 0 bridgehead atoms. The molecule has 0 radical (unpaired) electrons. The molecule has 134 valence electrons. The first-order valence-corrected chi connectivity index (χ1v) is 8.20. The number of ether oxygens (including phenoxy) is 1. The fourth-order valence-corrected chi connectivity index (χ4v) is 2.73. The van der Waals surface area contributed by atoms with Crippen LogP contribution in [0.4, 0.5) is 10.1 Å². The Hall–Kier alpha value is -2.11. The fraction of sp³-hybridized carbons (Fsp3) is 0.316. The average molecular weight is 365 g/mol. The summed E-state index contributed by atoms with van der Waals surface area (Å²) in [6.45, 7) is 1.89. The number of hydrogen-bond acceptors (Lipinski definition) is 3. The van der Waals surface area contributed by atoms with Crippen molar-refractivity contribution in [3.05, 3.63) is 59.9 Å². The summed E-state index contributed by atoms with van der Waals surface area (Å²) >= 11 is 0. The van der Waals surface area contributed by atoms with Gasteiger partial charge in [-0.3, -0.25) is 4.79 Å². The number of halogens is 2. The van der Waals surface area contributed by atoms with Gasteiger partial charge in [-0.15, -0.1) is 12.4 Å². The van der Waals surface area contributed by atoms with Gasteiger partial charge < -0.3 is 15.4 Å². The average Bonchev–Trinajstić information content (AvgIpc) is 2.63. The lowest BCUT2D eigenvalue weighted by atomic mass is 9.99. The van der Waals surface area contributed by atoms with Crippen molar-refractivity contribution in [1.29, 1.82) is 0 Å². The number of nitrogens with one attached hydrogen (secondary N) is 2. The predicted octanol–water partition coefficient (Wildman–Crippen LogP) is 3.76. The number of hydrogen-bond donors (Lipinski definition) is 2. The largest absolute Gasteiger partial charge is 0.489 e. The topological polar surface area (TPSA) is 50.4 Å². The number of carbonyl (C=O) groups excluding carboxylic acids is 1. The van der Waals surface area contributed by atoms with Gasteiger partial charge in [0, 0.05) is 17.8 Å². The van der Waals surface area contributed by atoms with E-state index in [1.54, 1.807) is 42.5 Å². The summed E-state index contributed by atoms with van der Waals surface area (Å²) in [5, 5.41) is 6.16. The van der Waals surface area contributed by atoms with Crippen molar-refractivity contribution in [2.24, 2.45) is 5.92 Å². The molecule has 25 heavy (non-hydrogen) atoms. The zero-order valence-electron chi connectivity index (χ0n) is 13.8. The molecule has 0 spiro atoms. The minimum Gasteiger partial charge on any atom is -0.489 e. The van der Waals surface area contributed by atoms with Crippen molar-refractivity contribution in [2.45, 2.75) is 19.4 Å². The van der Waals surface area contributed by atoms with Gasteiger partial charge in [-0.2, -0.15) is 0 Å². The molecule has 2 aromatic rings. The zero-order valence-corrected chi connectivity index (χ0v) is 14.7. The van der Waals surface area contributed by atoms with Crippen LogP contribution in [0.1, 0.15) is 18.4 Å². The van der Waals surface area contributed by atoms with Crippen LogP contribution in [0, 0.1) is 11.7 Å². The van der Waals surface area contributed by atoms with Gasteiger partial charge in [0.15, 0.2) is 0 Å². The van der Waals surface area contributed by atoms with Crippen molar-refractivity contribution in [3.63, 3.8) is 0 Å². The second-order valence-electron chi connectivity index (χ2n) is 5.94. The van der Waals surface area contributed by atoms with E-state index in [4.69, 9.17) is 4.74 Å². The van der Waals surface area contributed by atoms with Crippen molar-refractivity contribution in [1.82, 2.24) is 5.32 Å². The maximum absolute atomic E-state index is 13.5.